The fraction of sp³-hybridized carbons (Fsp3) is 0.692. The molecule has 1 aromatic rings. The van der Waals surface area contributed by atoms with Gasteiger partial charge in [-0.3, -0.25) is 9.48 Å². The van der Waals surface area contributed by atoms with Crippen molar-refractivity contribution >= 4 is 21.8 Å². The van der Waals surface area contributed by atoms with Gasteiger partial charge < -0.3 is 4.90 Å². The quantitative estimate of drug-likeness (QED) is 0.800. The normalized spacial score (nSPS) is 27.1. The first-order chi connectivity index (χ1) is 8.62. The van der Waals surface area contributed by atoms with E-state index in [2.05, 4.69) is 21.0 Å². The number of hydrogen-bond acceptors (Lipinski definition) is 2. The molecule has 2 fully saturated rings. The number of likely N-dealkylation sites (N-methyl/N-ethyl adjacent to an activating group) is 1. The molecule has 2 aliphatic rings. The lowest BCUT2D eigenvalue weighted by molar-refractivity contribution is -0.132. The van der Waals surface area contributed by atoms with E-state index < -0.39 is 0 Å². The van der Waals surface area contributed by atoms with Crippen LogP contribution in [0.1, 0.15) is 44.6 Å². The van der Waals surface area contributed by atoms with Crippen LogP contribution in [0.5, 0.6) is 0 Å². The number of halogens is 1. The van der Waals surface area contributed by atoms with Crippen LogP contribution in [-0.4, -0.2) is 33.2 Å². The van der Waals surface area contributed by atoms with Gasteiger partial charge in [-0.05, 0) is 28.8 Å². The maximum Gasteiger partial charge on any atom is 0.247 e. The van der Waals surface area contributed by atoms with Crippen molar-refractivity contribution in [3.8, 4) is 0 Å². The molecule has 0 unspecified atom stereocenters. The number of hydrogen-bond donors (Lipinski definition) is 0. The van der Waals surface area contributed by atoms with Crippen LogP contribution in [0.2, 0.25) is 0 Å². The van der Waals surface area contributed by atoms with E-state index in [1.54, 1.807) is 6.20 Å². The van der Waals surface area contributed by atoms with Gasteiger partial charge in [-0.15, -0.1) is 0 Å². The number of carbonyl (C=O) groups excluding carboxylic acids is 1. The van der Waals surface area contributed by atoms with E-state index >= 15 is 0 Å². The minimum Gasteiger partial charge on any atom is -0.338 e. The summed E-state index contributed by atoms with van der Waals surface area (Å²) in [6, 6.07) is -0.112. The highest BCUT2D eigenvalue weighted by molar-refractivity contribution is 9.10. The van der Waals surface area contributed by atoms with Gasteiger partial charge in [-0.1, -0.05) is 19.3 Å². The molecule has 1 spiro atoms. The van der Waals surface area contributed by atoms with Gasteiger partial charge in [-0.2, -0.15) is 5.10 Å². The molecule has 0 radical (unpaired) electrons. The van der Waals surface area contributed by atoms with Crippen molar-refractivity contribution in [2.24, 2.45) is 0 Å². The molecule has 1 amide bonds. The lowest BCUT2D eigenvalue weighted by Gasteiger charge is -2.39. The van der Waals surface area contributed by atoms with Crippen LogP contribution in [0.3, 0.4) is 0 Å². The van der Waals surface area contributed by atoms with E-state index in [1.807, 2.05) is 22.8 Å². The number of nitrogens with zero attached hydrogens (tertiary/aromatic N) is 3. The minimum atomic E-state index is -0.112. The predicted molar refractivity (Wildman–Crippen MR) is 72.2 cm³/mol. The highest BCUT2D eigenvalue weighted by Crippen LogP contribution is 2.45. The summed E-state index contributed by atoms with van der Waals surface area (Å²) < 4.78 is 2.74. The van der Waals surface area contributed by atoms with Crippen LogP contribution in [0, 0.1) is 0 Å². The van der Waals surface area contributed by atoms with Crippen LogP contribution in [-0.2, 0) is 4.79 Å². The maximum absolute atomic E-state index is 12.4. The third-order valence-electron chi connectivity index (χ3n) is 4.57. The zero-order valence-electron chi connectivity index (χ0n) is 10.6. The van der Waals surface area contributed by atoms with Crippen molar-refractivity contribution in [3.05, 3.63) is 16.9 Å². The number of rotatable bonds is 1. The third kappa shape index (κ3) is 1.79. The fourth-order valence-corrected chi connectivity index (χ4v) is 3.78. The Hall–Kier alpha value is -0.840. The van der Waals surface area contributed by atoms with Gasteiger partial charge in [0.25, 0.3) is 0 Å². The summed E-state index contributed by atoms with van der Waals surface area (Å²) in [7, 11) is 1.96. The average Bonchev–Trinajstić information content (AvgIpc) is 2.90. The molecule has 0 N–H and O–H groups in total. The van der Waals surface area contributed by atoms with Crippen molar-refractivity contribution in [2.75, 3.05) is 7.05 Å². The van der Waals surface area contributed by atoms with Crippen molar-refractivity contribution in [2.45, 2.75) is 50.1 Å². The molecular formula is C13H18BrN3O. The molecule has 2 heterocycles. The van der Waals surface area contributed by atoms with Gasteiger partial charge >= 0.3 is 0 Å². The molecular weight excluding hydrogens is 294 g/mol. The minimum absolute atomic E-state index is 0.0957. The second-order valence-corrected chi connectivity index (χ2v) is 6.46. The van der Waals surface area contributed by atoms with E-state index in [-0.39, 0.29) is 17.5 Å². The largest absolute Gasteiger partial charge is 0.338 e. The Morgan fingerprint density at radius 3 is 2.72 bits per heavy atom. The molecule has 0 aromatic carbocycles. The van der Waals surface area contributed by atoms with E-state index in [4.69, 9.17) is 0 Å². The lowest BCUT2D eigenvalue weighted by Crippen LogP contribution is -2.44. The molecule has 0 bridgehead atoms. The molecule has 3 rings (SSSR count). The molecule has 1 saturated carbocycles. The summed E-state index contributed by atoms with van der Waals surface area (Å²) >= 11 is 3.39. The van der Waals surface area contributed by atoms with Crippen LogP contribution >= 0.6 is 15.9 Å². The Kier molecular flexibility index (Phi) is 2.96. The van der Waals surface area contributed by atoms with Gasteiger partial charge in [0.15, 0.2) is 0 Å². The van der Waals surface area contributed by atoms with Crippen molar-refractivity contribution in [1.82, 2.24) is 14.7 Å². The molecule has 1 aliphatic heterocycles. The first-order valence-corrected chi connectivity index (χ1v) is 7.39. The number of carbonyl (C=O) groups is 1. The Labute approximate surface area is 115 Å². The number of likely N-dealkylation sites (tertiary alicyclic amines) is 1. The number of aromatic nitrogens is 2. The monoisotopic (exact) mass is 311 g/mol. The van der Waals surface area contributed by atoms with Gasteiger partial charge in [0.05, 0.1) is 10.7 Å². The van der Waals surface area contributed by atoms with E-state index in [0.717, 1.165) is 23.7 Å². The first kappa shape index (κ1) is 12.2. The van der Waals surface area contributed by atoms with Crippen LogP contribution < -0.4 is 0 Å². The zero-order valence-corrected chi connectivity index (χ0v) is 12.2. The Morgan fingerprint density at radius 1 is 1.39 bits per heavy atom. The second-order valence-electron chi connectivity index (χ2n) is 5.54. The van der Waals surface area contributed by atoms with Crippen molar-refractivity contribution in [3.63, 3.8) is 0 Å². The Morgan fingerprint density at radius 2 is 2.11 bits per heavy atom. The third-order valence-corrected chi connectivity index (χ3v) is 4.98. The highest BCUT2D eigenvalue weighted by atomic mass is 79.9. The van der Waals surface area contributed by atoms with Gasteiger partial charge in [0.2, 0.25) is 5.91 Å². The molecule has 5 heteroatoms. The molecule has 18 heavy (non-hydrogen) atoms. The summed E-state index contributed by atoms with van der Waals surface area (Å²) in [5.41, 5.74) is 0.0957. The summed E-state index contributed by atoms with van der Waals surface area (Å²) in [5, 5.41) is 4.28. The molecule has 1 aliphatic carbocycles. The maximum atomic E-state index is 12.4. The smallest absolute Gasteiger partial charge is 0.247 e. The van der Waals surface area contributed by atoms with E-state index in [9.17, 15) is 4.79 Å². The highest BCUT2D eigenvalue weighted by Gasteiger charge is 2.49. The zero-order chi connectivity index (χ0) is 12.8. The summed E-state index contributed by atoms with van der Waals surface area (Å²) in [6.45, 7) is 0. The van der Waals surface area contributed by atoms with Crippen LogP contribution in [0.4, 0.5) is 0 Å². The molecule has 4 nitrogen and oxygen atoms in total. The van der Waals surface area contributed by atoms with Crippen LogP contribution in [0.25, 0.3) is 0 Å². The predicted octanol–water partition coefficient (Wildman–Crippen LogP) is 2.75. The average molecular weight is 312 g/mol. The topological polar surface area (TPSA) is 38.1 Å². The standard InChI is InChI=1S/C13H18BrN3O/c1-16-12(18)11(17-9-10(14)8-15-17)7-13(16)5-3-2-4-6-13/h8-9,11H,2-7H2,1H3/t11-/m1/s1. The molecule has 1 aromatic heterocycles. The Bertz CT molecular complexity index is 465. The van der Waals surface area contributed by atoms with Crippen molar-refractivity contribution < 1.29 is 4.79 Å². The second kappa shape index (κ2) is 4.37. The van der Waals surface area contributed by atoms with E-state index in [0.29, 0.717) is 0 Å². The van der Waals surface area contributed by atoms with E-state index in [1.165, 1.54) is 19.3 Å². The lowest BCUT2D eigenvalue weighted by atomic mass is 9.79. The van der Waals surface area contributed by atoms with Crippen molar-refractivity contribution in [1.29, 1.82) is 0 Å². The summed E-state index contributed by atoms with van der Waals surface area (Å²) in [4.78, 5) is 14.4. The molecule has 98 valence electrons. The first-order valence-electron chi connectivity index (χ1n) is 6.60. The SMILES string of the molecule is CN1C(=O)[C@H](n2cc(Br)cn2)CC12CCCCC2. The van der Waals surface area contributed by atoms with Gasteiger partial charge in [-0.25, -0.2) is 0 Å². The van der Waals surface area contributed by atoms with Crippen LogP contribution in [0.15, 0.2) is 16.9 Å². The number of amides is 1. The summed E-state index contributed by atoms with van der Waals surface area (Å²) in [6.07, 6.45) is 10.7. The molecule has 1 saturated heterocycles. The Balaban J connectivity index is 1.88. The van der Waals surface area contributed by atoms with Gasteiger partial charge in [0.1, 0.15) is 6.04 Å². The summed E-state index contributed by atoms with van der Waals surface area (Å²) in [5.74, 6) is 0.215. The van der Waals surface area contributed by atoms with Gasteiger partial charge in [0, 0.05) is 25.2 Å². The fourth-order valence-electron chi connectivity index (χ4n) is 3.48. The molecule has 1 atom stereocenters.